The standard InChI is InChI=1S/C20H30O6/c21-18(22)20(19(23)24,11-13-5-7-15-17(10-13)26-15)8-2-1-3-12-4-6-14-16(9-12)25-14/h12-17H,1-11H2,(H,21,22)(H,23,24). The van der Waals surface area contributed by atoms with Crippen molar-refractivity contribution in [3.8, 4) is 0 Å². The fraction of sp³-hybridized carbons (Fsp3) is 0.900. The van der Waals surface area contributed by atoms with Gasteiger partial charge in [-0.05, 0) is 63.2 Å². The number of carboxylic acids is 2. The Balaban J connectivity index is 1.29. The van der Waals surface area contributed by atoms with Crippen molar-refractivity contribution in [1.29, 1.82) is 0 Å². The number of hydrogen-bond acceptors (Lipinski definition) is 4. The Morgan fingerprint density at radius 3 is 1.96 bits per heavy atom. The topological polar surface area (TPSA) is 99.7 Å². The molecule has 2 aliphatic heterocycles. The first-order valence-corrected chi connectivity index (χ1v) is 10.3. The molecule has 4 rings (SSSR count). The lowest BCUT2D eigenvalue weighted by atomic mass is 9.71. The third-order valence-corrected chi connectivity index (χ3v) is 7.15. The van der Waals surface area contributed by atoms with Crippen LogP contribution in [0, 0.1) is 17.3 Å². The van der Waals surface area contributed by atoms with Crippen LogP contribution in [0.1, 0.15) is 70.6 Å². The van der Waals surface area contributed by atoms with Crippen LogP contribution < -0.4 is 0 Å². The maximum absolute atomic E-state index is 11.9. The Bertz CT molecular complexity index is 547. The molecule has 2 N–H and O–H groups in total. The fourth-order valence-corrected chi connectivity index (χ4v) is 5.36. The summed E-state index contributed by atoms with van der Waals surface area (Å²) >= 11 is 0. The number of fused-ring (bicyclic) bond motifs is 2. The molecule has 2 aliphatic carbocycles. The highest BCUT2D eigenvalue weighted by atomic mass is 16.6. The minimum Gasteiger partial charge on any atom is -0.480 e. The molecule has 0 spiro atoms. The number of carbonyl (C=O) groups is 2. The first-order valence-electron chi connectivity index (χ1n) is 10.3. The molecule has 6 unspecified atom stereocenters. The molecule has 2 heterocycles. The molecular weight excluding hydrogens is 336 g/mol. The van der Waals surface area contributed by atoms with E-state index in [9.17, 15) is 19.8 Å². The highest BCUT2D eigenvalue weighted by Gasteiger charge is 2.51. The second kappa shape index (κ2) is 7.12. The van der Waals surface area contributed by atoms with Gasteiger partial charge in [0, 0.05) is 0 Å². The summed E-state index contributed by atoms with van der Waals surface area (Å²) in [4.78, 5) is 23.9. The van der Waals surface area contributed by atoms with Crippen molar-refractivity contribution in [3.05, 3.63) is 0 Å². The number of epoxide rings is 2. The van der Waals surface area contributed by atoms with Gasteiger partial charge in [0.05, 0.1) is 24.4 Å². The number of ether oxygens (including phenoxy) is 2. The molecule has 4 aliphatic rings. The third kappa shape index (κ3) is 3.77. The van der Waals surface area contributed by atoms with Crippen molar-refractivity contribution in [2.24, 2.45) is 17.3 Å². The van der Waals surface area contributed by atoms with Crippen LogP contribution in [-0.4, -0.2) is 46.6 Å². The molecule has 0 aromatic heterocycles. The summed E-state index contributed by atoms with van der Waals surface area (Å²) in [5.74, 6) is -1.54. The molecule has 0 aromatic rings. The lowest BCUT2D eigenvalue weighted by molar-refractivity contribution is -0.167. The quantitative estimate of drug-likeness (QED) is 0.369. The van der Waals surface area contributed by atoms with Crippen LogP contribution >= 0.6 is 0 Å². The predicted molar refractivity (Wildman–Crippen MR) is 92.8 cm³/mol. The first-order chi connectivity index (χ1) is 12.5. The molecule has 4 fully saturated rings. The number of carboxylic acid groups (broad SMARTS) is 2. The highest BCUT2D eigenvalue weighted by molar-refractivity contribution is 5.98. The van der Waals surface area contributed by atoms with Gasteiger partial charge in [-0.25, -0.2) is 0 Å². The van der Waals surface area contributed by atoms with Gasteiger partial charge in [-0.15, -0.1) is 0 Å². The van der Waals surface area contributed by atoms with Gasteiger partial charge in [-0.2, -0.15) is 0 Å². The lowest BCUT2D eigenvalue weighted by Crippen LogP contribution is -2.41. The first kappa shape index (κ1) is 18.2. The van der Waals surface area contributed by atoms with Gasteiger partial charge in [-0.1, -0.05) is 19.3 Å². The Morgan fingerprint density at radius 2 is 1.38 bits per heavy atom. The van der Waals surface area contributed by atoms with E-state index in [4.69, 9.17) is 9.47 Å². The maximum Gasteiger partial charge on any atom is 0.321 e. The van der Waals surface area contributed by atoms with E-state index in [1.807, 2.05) is 0 Å². The van der Waals surface area contributed by atoms with E-state index in [1.165, 1.54) is 6.42 Å². The molecule has 146 valence electrons. The maximum atomic E-state index is 11.9. The summed E-state index contributed by atoms with van der Waals surface area (Å²) in [5.41, 5.74) is -1.64. The average molecular weight is 366 g/mol. The van der Waals surface area contributed by atoms with E-state index in [1.54, 1.807) is 0 Å². The zero-order valence-corrected chi connectivity index (χ0v) is 15.3. The molecule has 0 amide bonds. The van der Waals surface area contributed by atoms with Crippen molar-refractivity contribution in [1.82, 2.24) is 0 Å². The summed E-state index contributed by atoms with van der Waals surface area (Å²) in [6, 6.07) is 0. The van der Waals surface area contributed by atoms with E-state index >= 15 is 0 Å². The number of rotatable bonds is 9. The SMILES string of the molecule is O=C(O)C(CCCCC1CCC2OC2C1)(CC1CCC2OC2C1)C(=O)O. The molecule has 0 radical (unpaired) electrons. The minimum atomic E-state index is -1.64. The zero-order chi connectivity index (χ0) is 18.3. The Labute approximate surface area is 154 Å². The Kier molecular flexibility index (Phi) is 4.99. The van der Waals surface area contributed by atoms with Gasteiger partial charge in [0.15, 0.2) is 5.41 Å². The van der Waals surface area contributed by atoms with Crippen LogP contribution in [0.4, 0.5) is 0 Å². The van der Waals surface area contributed by atoms with Crippen molar-refractivity contribution < 1.29 is 29.3 Å². The van der Waals surface area contributed by atoms with E-state index in [-0.39, 0.29) is 24.9 Å². The van der Waals surface area contributed by atoms with Crippen molar-refractivity contribution >= 4 is 11.9 Å². The van der Waals surface area contributed by atoms with Gasteiger partial charge in [-0.3, -0.25) is 9.59 Å². The van der Waals surface area contributed by atoms with Crippen LogP contribution in [0.3, 0.4) is 0 Å². The van der Waals surface area contributed by atoms with Crippen molar-refractivity contribution in [3.63, 3.8) is 0 Å². The third-order valence-electron chi connectivity index (χ3n) is 7.15. The van der Waals surface area contributed by atoms with E-state index in [2.05, 4.69) is 0 Å². The smallest absolute Gasteiger partial charge is 0.321 e. The molecule has 6 atom stereocenters. The van der Waals surface area contributed by atoms with E-state index < -0.39 is 17.4 Å². The Morgan fingerprint density at radius 1 is 0.808 bits per heavy atom. The number of aliphatic carboxylic acids is 2. The molecular formula is C20H30O6. The summed E-state index contributed by atoms with van der Waals surface area (Å²) in [6.45, 7) is 0. The normalized spacial score (nSPS) is 38.2. The van der Waals surface area contributed by atoms with Crippen LogP contribution in [0.15, 0.2) is 0 Å². The van der Waals surface area contributed by atoms with E-state index in [0.717, 1.165) is 44.9 Å². The van der Waals surface area contributed by atoms with Gasteiger partial charge < -0.3 is 19.7 Å². The summed E-state index contributed by atoms with van der Waals surface area (Å²) in [7, 11) is 0. The van der Waals surface area contributed by atoms with Gasteiger partial charge >= 0.3 is 11.9 Å². The van der Waals surface area contributed by atoms with Gasteiger partial charge in [0.1, 0.15) is 0 Å². The minimum absolute atomic E-state index is 0.147. The second-order valence-electron chi connectivity index (χ2n) is 8.93. The molecule has 26 heavy (non-hydrogen) atoms. The van der Waals surface area contributed by atoms with Crippen molar-refractivity contribution in [2.45, 2.75) is 95.0 Å². The summed E-state index contributed by atoms with van der Waals surface area (Å²) in [6.07, 6.45) is 10.8. The molecule has 0 bridgehead atoms. The molecule has 2 saturated carbocycles. The van der Waals surface area contributed by atoms with Crippen LogP contribution in [0.2, 0.25) is 0 Å². The van der Waals surface area contributed by atoms with Crippen molar-refractivity contribution in [2.75, 3.05) is 0 Å². The second-order valence-corrected chi connectivity index (χ2v) is 8.93. The fourth-order valence-electron chi connectivity index (χ4n) is 5.36. The number of hydrogen-bond donors (Lipinski definition) is 2. The number of unbranched alkanes of at least 4 members (excludes halogenated alkanes) is 1. The van der Waals surface area contributed by atoms with Crippen LogP contribution in [0.25, 0.3) is 0 Å². The molecule has 2 saturated heterocycles. The molecule has 0 aromatic carbocycles. The Hall–Kier alpha value is -1.14. The highest BCUT2D eigenvalue weighted by Crippen LogP contribution is 2.45. The van der Waals surface area contributed by atoms with E-state index in [0.29, 0.717) is 30.7 Å². The monoisotopic (exact) mass is 366 g/mol. The largest absolute Gasteiger partial charge is 0.480 e. The van der Waals surface area contributed by atoms with Gasteiger partial charge in [0.2, 0.25) is 0 Å². The average Bonchev–Trinajstić information content (AvgIpc) is 3.50. The predicted octanol–water partition coefficient (Wildman–Crippen LogP) is 3.23. The summed E-state index contributed by atoms with van der Waals surface area (Å²) < 4.78 is 11.1. The zero-order valence-electron chi connectivity index (χ0n) is 15.3. The lowest BCUT2D eigenvalue weighted by Gasteiger charge is -2.30. The summed E-state index contributed by atoms with van der Waals surface area (Å²) in [5, 5.41) is 19.5. The van der Waals surface area contributed by atoms with Crippen LogP contribution in [-0.2, 0) is 19.1 Å². The van der Waals surface area contributed by atoms with Gasteiger partial charge in [0.25, 0.3) is 0 Å². The molecule has 6 nitrogen and oxygen atoms in total. The van der Waals surface area contributed by atoms with Crippen LogP contribution in [0.5, 0.6) is 0 Å². The molecule has 6 heteroatoms.